The quantitative estimate of drug-likeness (QED) is 0.267. The molecule has 0 atom stereocenters. The van der Waals surface area contributed by atoms with Crippen LogP contribution in [0.4, 0.5) is 0 Å². The molecule has 1 aliphatic carbocycles. The standard InChI is InChI=1S/C28H36O3.C4H10/c1-7-27(3,4)28(5,6)26(29)31-16-10-15-30-24-14-13-20(2)25(19-24)23-17-21-11-8-9-12-22(21)18-23;1-4(2)3/h8-9,11-14,17,19H,7,10,15-16,18H2,1-6H3;4H,1-3H3. The molecule has 0 radical (unpaired) electrons. The van der Waals surface area contributed by atoms with Crippen molar-refractivity contribution in [2.45, 2.75) is 81.6 Å². The molecule has 0 saturated carbocycles. The van der Waals surface area contributed by atoms with Gasteiger partial charge in [-0.15, -0.1) is 0 Å². The van der Waals surface area contributed by atoms with Gasteiger partial charge in [0.05, 0.1) is 18.6 Å². The second-order valence-electron chi connectivity index (χ2n) is 11.5. The van der Waals surface area contributed by atoms with E-state index in [1.54, 1.807) is 0 Å². The molecule has 0 heterocycles. The maximum absolute atomic E-state index is 12.6. The van der Waals surface area contributed by atoms with Crippen molar-refractivity contribution in [3.05, 3.63) is 64.7 Å². The molecule has 192 valence electrons. The molecule has 0 unspecified atom stereocenters. The molecular formula is C32H46O3. The van der Waals surface area contributed by atoms with Crippen LogP contribution in [0, 0.1) is 23.7 Å². The molecule has 3 rings (SSSR count). The van der Waals surface area contributed by atoms with E-state index >= 15 is 0 Å². The number of hydrogen-bond acceptors (Lipinski definition) is 3. The summed E-state index contributed by atoms with van der Waals surface area (Å²) < 4.78 is 11.5. The molecule has 2 aromatic rings. The predicted molar refractivity (Wildman–Crippen MR) is 149 cm³/mol. The molecule has 3 nitrogen and oxygen atoms in total. The van der Waals surface area contributed by atoms with Crippen LogP contribution in [0.15, 0.2) is 42.5 Å². The van der Waals surface area contributed by atoms with Gasteiger partial charge in [0.25, 0.3) is 0 Å². The Bertz CT molecular complexity index is 1010. The predicted octanol–water partition coefficient (Wildman–Crippen LogP) is 8.53. The van der Waals surface area contributed by atoms with Gasteiger partial charge in [0.15, 0.2) is 0 Å². The van der Waals surface area contributed by atoms with Gasteiger partial charge in [0.1, 0.15) is 5.75 Å². The summed E-state index contributed by atoms with van der Waals surface area (Å²) in [6.45, 7) is 19.8. The van der Waals surface area contributed by atoms with Gasteiger partial charge < -0.3 is 9.47 Å². The highest BCUT2D eigenvalue weighted by Gasteiger charge is 2.43. The highest BCUT2D eigenvalue weighted by Crippen LogP contribution is 2.42. The number of hydrogen-bond donors (Lipinski definition) is 0. The van der Waals surface area contributed by atoms with E-state index in [9.17, 15) is 4.79 Å². The van der Waals surface area contributed by atoms with Crippen molar-refractivity contribution in [3.63, 3.8) is 0 Å². The maximum Gasteiger partial charge on any atom is 0.312 e. The summed E-state index contributed by atoms with van der Waals surface area (Å²) in [6.07, 6.45) is 4.84. The summed E-state index contributed by atoms with van der Waals surface area (Å²) in [4.78, 5) is 12.6. The number of allylic oxidation sites excluding steroid dienone is 1. The fourth-order valence-electron chi connectivity index (χ4n) is 3.80. The molecule has 35 heavy (non-hydrogen) atoms. The van der Waals surface area contributed by atoms with Crippen LogP contribution < -0.4 is 4.74 Å². The fraction of sp³-hybridized carbons (Fsp3) is 0.531. The monoisotopic (exact) mass is 478 g/mol. The Morgan fingerprint density at radius 2 is 1.66 bits per heavy atom. The molecule has 2 aromatic carbocycles. The van der Waals surface area contributed by atoms with E-state index in [0.29, 0.717) is 19.6 Å². The molecule has 0 N–H and O–H groups in total. The van der Waals surface area contributed by atoms with Crippen molar-refractivity contribution in [1.82, 2.24) is 0 Å². The first-order chi connectivity index (χ1) is 16.4. The number of carbonyl (C=O) groups excluding carboxylic acids is 1. The van der Waals surface area contributed by atoms with Gasteiger partial charge in [-0.3, -0.25) is 4.79 Å². The Morgan fingerprint density at radius 3 is 2.29 bits per heavy atom. The SMILES string of the molecule is CC(C)C.CCC(C)(C)C(C)(C)C(=O)OCCCOc1ccc(C)c(C2=Cc3ccccc3C2)c1. The average Bonchev–Trinajstić information content (AvgIpc) is 3.23. The van der Waals surface area contributed by atoms with E-state index in [2.05, 4.69) is 90.9 Å². The van der Waals surface area contributed by atoms with Crippen LogP contribution in [0.25, 0.3) is 11.6 Å². The number of rotatable bonds is 9. The van der Waals surface area contributed by atoms with Crippen LogP contribution in [0.2, 0.25) is 0 Å². The largest absolute Gasteiger partial charge is 0.493 e. The van der Waals surface area contributed by atoms with Crippen LogP contribution in [0.5, 0.6) is 5.75 Å². The third-order valence-corrected chi connectivity index (χ3v) is 7.20. The molecule has 3 heteroatoms. The first kappa shape index (κ1) is 28.7. The topological polar surface area (TPSA) is 35.5 Å². The van der Waals surface area contributed by atoms with Crippen LogP contribution in [-0.4, -0.2) is 19.2 Å². The molecular weight excluding hydrogens is 432 g/mol. The van der Waals surface area contributed by atoms with Gasteiger partial charge >= 0.3 is 5.97 Å². The minimum atomic E-state index is -0.513. The summed E-state index contributed by atoms with van der Waals surface area (Å²) in [7, 11) is 0. The fourth-order valence-corrected chi connectivity index (χ4v) is 3.80. The minimum absolute atomic E-state index is 0.104. The van der Waals surface area contributed by atoms with Crippen molar-refractivity contribution < 1.29 is 14.3 Å². The van der Waals surface area contributed by atoms with Crippen molar-refractivity contribution in [3.8, 4) is 5.75 Å². The van der Waals surface area contributed by atoms with Crippen molar-refractivity contribution >= 4 is 17.6 Å². The van der Waals surface area contributed by atoms with Gasteiger partial charge in [-0.2, -0.15) is 0 Å². The summed E-state index contributed by atoms with van der Waals surface area (Å²) in [6, 6.07) is 14.8. The van der Waals surface area contributed by atoms with Crippen LogP contribution in [0.1, 0.15) is 90.5 Å². The molecule has 0 saturated heterocycles. The minimum Gasteiger partial charge on any atom is -0.493 e. The zero-order valence-electron chi connectivity index (χ0n) is 23.5. The van der Waals surface area contributed by atoms with Gasteiger partial charge in [0.2, 0.25) is 0 Å². The number of benzene rings is 2. The lowest BCUT2D eigenvalue weighted by atomic mass is 9.66. The van der Waals surface area contributed by atoms with E-state index < -0.39 is 5.41 Å². The lowest BCUT2D eigenvalue weighted by Crippen LogP contribution is -2.40. The van der Waals surface area contributed by atoms with Crippen LogP contribution >= 0.6 is 0 Å². The molecule has 1 aliphatic rings. The number of carbonyl (C=O) groups is 1. The summed E-state index contributed by atoms with van der Waals surface area (Å²) >= 11 is 0. The van der Waals surface area contributed by atoms with E-state index in [0.717, 1.165) is 24.5 Å². The average molecular weight is 479 g/mol. The lowest BCUT2D eigenvalue weighted by Gasteiger charge is -2.38. The second kappa shape index (κ2) is 12.4. The smallest absolute Gasteiger partial charge is 0.312 e. The number of ether oxygens (including phenoxy) is 2. The second-order valence-corrected chi connectivity index (χ2v) is 11.5. The Labute approximate surface area is 213 Å². The van der Waals surface area contributed by atoms with Crippen molar-refractivity contribution in [2.24, 2.45) is 16.7 Å². The number of esters is 1. The van der Waals surface area contributed by atoms with Gasteiger partial charge in [0, 0.05) is 6.42 Å². The molecule has 0 bridgehead atoms. The Balaban J connectivity index is 0.00000100. The molecule has 0 amide bonds. The molecule has 0 aliphatic heterocycles. The van der Waals surface area contributed by atoms with Gasteiger partial charge in [-0.1, -0.05) is 78.0 Å². The Morgan fingerprint density at radius 1 is 1.00 bits per heavy atom. The first-order valence-electron chi connectivity index (χ1n) is 13.1. The van der Waals surface area contributed by atoms with E-state index in [-0.39, 0.29) is 11.4 Å². The molecule has 0 fully saturated rings. The summed E-state index contributed by atoms with van der Waals surface area (Å²) in [5.41, 5.74) is 5.89. The van der Waals surface area contributed by atoms with Gasteiger partial charge in [-0.05, 0) is 84.9 Å². The van der Waals surface area contributed by atoms with E-state index in [1.165, 1.54) is 27.8 Å². The zero-order valence-corrected chi connectivity index (χ0v) is 23.5. The highest BCUT2D eigenvalue weighted by atomic mass is 16.5. The third-order valence-electron chi connectivity index (χ3n) is 7.20. The molecule has 0 aromatic heterocycles. The highest BCUT2D eigenvalue weighted by molar-refractivity contribution is 5.89. The van der Waals surface area contributed by atoms with E-state index in [1.807, 2.05) is 19.9 Å². The Kier molecular flexibility index (Phi) is 10.2. The maximum atomic E-state index is 12.6. The molecule has 0 spiro atoms. The number of aryl methyl sites for hydroxylation is 1. The van der Waals surface area contributed by atoms with Crippen molar-refractivity contribution in [2.75, 3.05) is 13.2 Å². The van der Waals surface area contributed by atoms with Crippen molar-refractivity contribution in [1.29, 1.82) is 0 Å². The Hall–Kier alpha value is -2.55. The first-order valence-corrected chi connectivity index (χ1v) is 13.1. The van der Waals surface area contributed by atoms with Gasteiger partial charge in [-0.25, -0.2) is 0 Å². The van der Waals surface area contributed by atoms with Crippen LogP contribution in [-0.2, 0) is 16.0 Å². The summed E-state index contributed by atoms with van der Waals surface area (Å²) in [5, 5.41) is 0. The lowest BCUT2D eigenvalue weighted by molar-refractivity contribution is -0.161. The van der Waals surface area contributed by atoms with E-state index in [4.69, 9.17) is 9.47 Å². The normalized spacial score (nSPS) is 13.0. The zero-order chi connectivity index (χ0) is 26.2. The summed E-state index contributed by atoms with van der Waals surface area (Å²) in [5.74, 6) is 1.56. The van der Waals surface area contributed by atoms with Crippen LogP contribution in [0.3, 0.4) is 0 Å². The third kappa shape index (κ3) is 7.72. The number of fused-ring (bicyclic) bond motifs is 1.